The Morgan fingerprint density at radius 1 is 1.53 bits per heavy atom. The monoisotopic (exact) mass is 264 g/mol. The van der Waals surface area contributed by atoms with Gasteiger partial charge in [0.2, 0.25) is 5.91 Å². The number of aliphatic hydroxyl groups is 1. The van der Waals surface area contributed by atoms with Crippen LogP contribution in [0.1, 0.15) is 12.5 Å². The molecular weight excluding hydrogens is 248 g/mol. The average molecular weight is 264 g/mol. The molecular formula is C13H16N2O4. The third-order valence-corrected chi connectivity index (χ3v) is 2.96. The Kier molecular flexibility index (Phi) is 3.71. The quantitative estimate of drug-likeness (QED) is 0.826. The fourth-order valence-corrected chi connectivity index (χ4v) is 1.84. The van der Waals surface area contributed by atoms with Crippen molar-refractivity contribution >= 4 is 17.5 Å². The summed E-state index contributed by atoms with van der Waals surface area (Å²) >= 11 is 0. The van der Waals surface area contributed by atoms with Crippen molar-refractivity contribution in [1.82, 2.24) is 4.90 Å². The van der Waals surface area contributed by atoms with Gasteiger partial charge < -0.3 is 20.1 Å². The largest absolute Gasteiger partial charge is 0.479 e. The summed E-state index contributed by atoms with van der Waals surface area (Å²) in [7, 11) is 1.61. The highest BCUT2D eigenvalue weighted by molar-refractivity contribution is 5.97. The molecule has 1 atom stereocenters. The summed E-state index contributed by atoms with van der Waals surface area (Å²) < 4.78 is 5.44. The van der Waals surface area contributed by atoms with E-state index in [4.69, 9.17) is 9.84 Å². The van der Waals surface area contributed by atoms with Crippen molar-refractivity contribution in [2.75, 3.05) is 19.0 Å². The van der Waals surface area contributed by atoms with Crippen LogP contribution in [0.15, 0.2) is 18.2 Å². The van der Waals surface area contributed by atoms with Crippen molar-refractivity contribution < 1.29 is 19.4 Å². The van der Waals surface area contributed by atoms with E-state index < -0.39 is 12.7 Å². The molecule has 2 N–H and O–H groups in total. The topological polar surface area (TPSA) is 78.9 Å². The van der Waals surface area contributed by atoms with E-state index in [1.807, 2.05) is 6.07 Å². The van der Waals surface area contributed by atoms with Gasteiger partial charge in [-0.1, -0.05) is 6.07 Å². The number of carbonyl (C=O) groups is 2. The molecule has 0 saturated heterocycles. The molecule has 6 nitrogen and oxygen atoms in total. The van der Waals surface area contributed by atoms with Crippen LogP contribution in [0.2, 0.25) is 0 Å². The van der Waals surface area contributed by atoms with E-state index >= 15 is 0 Å². The zero-order chi connectivity index (χ0) is 14.0. The van der Waals surface area contributed by atoms with Crippen molar-refractivity contribution in [2.24, 2.45) is 0 Å². The summed E-state index contributed by atoms with van der Waals surface area (Å²) in [6.07, 6.45) is -0.503. The number of rotatable bonds is 3. The molecule has 1 heterocycles. The van der Waals surface area contributed by atoms with Crippen LogP contribution in [0.3, 0.4) is 0 Å². The number of amides is 2. The van der Waals surface area contributed by atoms with E-state index in [0.29, 0.717) is 18.0 Å². The SMILES string of the molecule is CC1Oc2ccc(CN(C)C(=O)CO)cc2NC1=O. The van der Waals surface area contributed by atoms with Crippen LogP contribution >= 0.6 is 0 Å². The standard InChI is InChI=1S/C13H16N2O4/c1-8-13(18)14-10-5-9(3-4-11(10)19-8)6-15(2)12(17)7-16/h3-5,8,16H,6-7H2,1-2H3,(H,14,18). The van der Waals surface area contributed by atoms with Crippen molar-refractivity contribution in [2.45, 2.75) is 19.6 Å². The van der Waals surface area contributed by atoms with Crippen molar-refractivity contribution in [3.8, 4) is 5.75 Å². The number of likely N-dealkylation sites (N-methyl/N-ethyl adjacent to an activating group) is 1. The average Bonchev–Trinajstić information content (AvgIpc) is 2.39. The smallest absolute Gasteiger partial charge is 0.265 e. The molecule has 0 fully saturated rings. The van der Waals surface area contributed by atoms with E-state index in [9.17, 15) is 9.59 Å². The van der Waals surface area contributed by atoms with Gasteiger partial charge in [0.05, 0.1) is 5.69 Å². The predicted molar refractivity (Wildman–Crippen MR) is 68.7 cm³/mol. The molecule has 1 aromatic carbocycles. The van der Waals surface area contributed by atoms with E-state index in [2.05, 4.69) is 5.32 Å². The van der Waals surface area contributed by atoms with E-state index in [1.165, 1.54) is 4.90 Å². The molecule has 1 aliphatic rings. The third kappa shape index (κ3) is 2.85. The Morgan fingerprint density at radius 3 is 2.95 bits per heavy atom. The maximum absolute atomic E-state index is 11.5. The molecule has 1 aliphatic heterocycles. The highest BCUT2D eigenvalue weighted by Crippen LogP contribution is 2.30. The van der Waals surface area contributed by atoms with Crippen molar-refractivity contribution in [3.63, 3.8) is 0 Å². The van der Waals surface area contributed by atoms with Crippen molar-refractivity contribution in [1.29, 1.82) is 0 Å². The third-order valence-electron chi connectivity index (χ3n) is 2.96. The number of hydrogen-bond acceptors (Lipinski definition) is 4. The molecule has 19 heavy (non-hydrogen) atoms. The lowest BCUT2D eigenvalue weighted by Gasteiger charge is -2.24. The lowest BCUT2D eigenvalue weighted by Crippen LogP contribution is -2.34. The first-order chi connectivity index (χ1) is 9.01. The van der Waals surface area contributed by atoms with Crippen LogP contribution in [0.5, 0.6) is 5.75 Å². The fourth-order valence-electron chi connectivity index (χ4n) is 1.84. The molecule has 2 rings (SSSR count). The molecule has 1 aromatic rings. The van der Waals surface area contributed by atoms with Crippen LogP contribution in [0.25, 0.3) is 0 Å². The van der Waals surface area contributed by atoms with Gasteiger partial charge in [0.15, 0.2) is 6.10 Å². The summed E-state index contributed by atoms with van der Waals surface area (Å²) in [5.74, 6) is 0.0723. The van der Waals surface area contributed by atoms with Crippen LogP contribution in [0, 0.1) is 0 Å². The van der Waals surface area contributed by atoms with Gasteiger partial charge in [0.25, 0.3) is 5.91 Å². The predicted octanol–water partition coefficient (Wildman–Crippen LogP) is 0.357. The molecule has 1 unspecified atom stereocenters. The first kappa shape index (κ1) is 13.4. The fraction of sp³-hybridized carbons (Fsp3) is 0.385. The maximum atomic E-state index is 11.5. The Labute approximate surface area is 111 Å². The van der Waals surface area contributed by atoms with Crippen LogP contribution in [0.4, 0.5) is 5.69 Å². The first-order valence-electron chi connectivity index (χ1n) is 5.96. The maximum Gasteiger partial charge on any atom is 0.265 e. The van der Waals surface area contributed by atoms with E-state index in [-0.39, 0.29) is 11.8 Å². The van der Waals surface area contributed by atoms with Crippen LogP contribution < -0.4 is 10.1 Å². The van der Waals surface area contributed by atoms with E-state index in [1.54, 1.807) is 26.1 Å². The zero-order valence-corrected chi connectivity index (χ0v) is 10.8. The number of nitrogens with one attached hydrogen (secondary N) is 1. The van der Waals surface area contributed by atoms with Gasteiger partial charge in [-0.15, -0.1) is 0 Å². The summed E-state index contributed by atoms with van der Waals surface area (Å²) in [5.41, 5.74) is 1.45. The minimum absolute atomic E-state index is 0.190. The van der Waals surface area contributed by atoms with Crippen molar-refractivity contribution in [3.05, 3.63) is 23.8 Å². The Hall–Kier alpha value is -2.08. The molecule has 0 spiro atoms. The summed E-state index contributed by atoms with van der Waals surface area (Å²) in [5, 5.41) is 11.5. The van der Waals surface area contributed by atoms with Gasteiger partial charge in [-0.3, -0.25) is 9.59 Å². The molecule has 0 aromatic heterocycles. The van der Waals surface area contributed by atoms with E-state index in [0.717, 1.165) is 5.56 Å². The number of fused-ring (bicyclic) bond motifs is 1. The van der Waals surface area contributed by atoms with Gasteiger partial charge in [0, 0.05) is 13.6 Å². The van der Waals surface area contributed by atoms with Crippen LogP contribution in [-0.4, -0.2) is 41.6 Å². The Morgan fingerprint density at radius 2 is 2.26 bits per heavy atom. The molecule has 6 heteroatoms. The second-order valence-corrected chi connectivity index (χ2v) is 4.49. The lowest BCUT2D eigenvalue weighted by atomic mass is 10.1. The molecule has 0 aliphatic carbocycles. The molecule has 102 valence electrons. The van der Waals surface area contributed by atoms with Gasteiger partial charge in [-0.2, -0.15) is 0 Å². The number of benzene rings is 1. The van der Waals surface area contributed by atoms with Gasteiger partial charge in [-0.05, 0) is 24.6 Å². The molecule has 0 saturated carbocycles. The second kappa shape index (κ2) is 5.27. The normalized spacial score (nSPS) is 17.2. The summed E-state index contributed by atoms with van der Waals surface area (Å²) in [6.45, 7) is 1.52. The molecule has 0 radical (unpaired) electrons. The highest BCUT2D eigenvalue weighted by atomic mass is 16.5. The minimum atomic E-state index is -0.515. The highest BCUT2D eigenvalue weighted by Gasteiger charge is 2.23. The van der Waals surface area contributed by atoms with Gasteiger partial charge in [0.1, 0.15) is 12.4 Å². The molecule has 0 bridgehead atoms. The first-order valence-corrected chi connectivity index (χ1v) is 5.96. The number of hydrogen-bond donors (Lipinski definition) is 2. The minimum Gasteiger partial charge on any atom is -0.479 e. The number of carbonyl (C=O) groups excluding carboxylic acids is 2. The van der Waals surface area contributed by atoms with Gasteiger partial charge >= 0.3 is 0 Å². The summed E-state index contributed by atoms with van der Waals surface area (Å²) in [6, 6.07) is 5.35. The lowest BCUT2D eigenvalue weighted by molar-refractivity contribution is -0.133. The molecule has 2 amide bonds. The Balaban J connectivity index is 2.15. The number of ether oxygens (including phenoxy) is 1. The second-order valence-electron chi connectivity index (χ2n) is 4.49. The number of anilines is 1. The number of aliphatic hydroxyl groups excluding tert-OH is 1. The zero-order valence-electron chi connectivity index (χ0n) is 10.8. The Bertz CT molecular complexity index is 515. The van der Waals surface area contributed by atoms with Crippen LogP contribution in [-0.2, 0) is 16.1 Å². The number of nitrogens with zero attached hydrogens (tertiary/aromatic N) is 1. The van der Waals surface area contributed by atoms with Gasteiger partial charge in [-0.25, -0.2) is 0 Å². The summed E-state index contributed by atoms with van der Waals surface area (Å²) in [4.78, 5) is 24.2.